The Kier molecular flexibility index (Phi) is 3.42. The molecule has 0 saturated heterocycles. The molecule has 0 radical (unpaired) electrons. The number of Topliss-reactive ketones (excluding diaryl/α,β-unsaturated/α-hetero) is 1. The molecule has 2 heterocycles. The van der Waals surface area contributed by atoms with Gasteiger partial charge in [-0.2, -0.15) is 5.10 Å². The Hall–Kier alpha value is -3.02. The summed E-state index contributed by atoms with van der Waals surface area (Å²) in [5, 5.41) is 7.58. The summed E-state index contributed by atoms with van der Waals surface area (Å²) in [5.41, 5.74) is 1.22. The van der Waals surface area contributed by atoms with Gasteiger partial charge in [0.1, 0.15) is 23.4 Å². The Labute approximate surface area is 144 Å². The maximum absolute atomic E-state index is 13.4. The first-order valence-electron chi connectivity index (χ1n) is 8.02. The van der Waals surface area contributed by atoms with E-state index in [0.717, 1.165) is 11.3 Å². The molecule has 0 spiro atoms. The minimum atomic E-state index is -0.975. The third-order valence-corrected chi connectivity index (χ3v) is 4.90. The average molecular weight is 336 g/mol. The Morgan fingerprint density at radius 2 is 1.88 bits per heavy atom. The first-order chi connectivity index (χ1) is 12.0. The molecule has 126 valence electrons. The van der Waals surface area contributed by atoms with Crippen LogP contribution in [0, 0.1) is 5.82 Å². The molecule has 1 aliphatic rings. The van der Waals surface area contributed by atoms with Crippen molar-refractivity contribution in [3.63, 3.8) is 0 Å². The van der Waals surface area contributed by atoms with Gasteiger partial charge < -0.3 is 5.32 Å². The number of carbonyl (C=O) groups is 1. The summed E-state index contributed by atoms with van der Waals surface area (Å²) in [5.74, 6) is 0.216. The fourth-order valence-corrected chi connectivity index (χ4v) is 3.59. The average Bonchev–Trinajstić information content (AvgIpc) is 3.06. The van der Waals surface area contributed by atoms with E-state index in [1.807, 2.05) is 25.1 Å². The van der Waals surface area contributed by atoms with Crippen LogP contribution in [0.25, 0.3) is 0 Å². The molecule has 2 atom stereocenters. The summed E-state index contributed by atoms with van der Waals surface area (Å²) in [6.45, 7) is 1.86. The standard InChI is InChI=1S/C19H17FN4O/c1-19(18-21-11-22-24(18)2)16(12-7-9-13(20)10-8-12)23-15-6-4-3-5-14(15)17(19)25/h3-11,16,23H,1-2H3. The van der Waals surface area contributed by atoms with Crippen LogP contribution in [0.5, 0.6) is 0 Å². The highest BCUT2D eigenvalue weighted by Crippen LogP contribution is 2.46. The van der Waals surface area contributed by atoms with Crippen LogP contribution < -0.4 is 5.32 Å². The summed E-state index contributed by atoms with van der Waals surface area (Å²) in [6, 6.07) is 13.2. The number of fused-ring (bicyclic) bond motifs is 1. The largest absolute Gasteiger partial charge is 0.376 e. The fourth-order valence-electron chi connectivity index (χ4n) is 3.59. The van der Waals surface area contributed by atoms with E-state index in [-0.39, 0.29) is 11.6 Å². The number of para-hydroxylation sites is 1. The van der Waals surface area contributed by atoms with Crippen LogP contribution in [0.1, 0.15) is 34.7 Å². The summed E-state index contributed by atoms with van der Waals surface area (Å²) in [7, 11) is 1.77. The van der Waals surface area contributed by atoms with Crippen molar-refractivity contribution in [2.75, 3.05) is 5.32 Å². The van der Waals surface area contributed by atoms with Gasteiger partial charge in [-0.3, -0.25) is 9.48 Å². The van der Waals surface area contributed by atoms with Crippen LogP contribution in [0.2, 0.25) is 0 Å². The van der Waals surface area contributed by atoms with Gasteiger partial charge in [0.15, 0.2) is 5.78 Å². The molecule has 4 rings (SSSR count). The maximum atomic E-state index is 13.4. The van der Waals surface area contributed by atoms with Gasteiger partial charge >= 0.3 is 0 Å². The van der Waals surface area contributed by atoms with E-state index in [4.69, 9.17) is 0 Å². The molecule has 0 bridgehead atoms. The molecule has 0 amide bonds. The number of hydrogen-bond acceptors (Lipinski definition) is 4. The van der Waals surface area contributed by atoms with E-state index >= 15 is 0 Å². The van der Waals surface area contributed by atoms with Crippen molar-refractivity contribution in [1.29, 1.82) is 0 Å². The number of nitrogens with zero attached hydrogens (tertiary/aromatic N) is 3. The monoisotopic (exact) mass is 336 g/mol. The van der Waals surface area contributed by atoms with Gasteiger partial charge in [-0.1, -0.05) is 24.3 Å². The van der Waals surface area contributed by atoms with E-state index in [1.165, 1.54) is 18.5 Å². The van der Waals surface area contributed by atoms with Gasteiger partial charge in [-0.15, -0.1) is 0 Å². The molecule has 1 N–H and O–H groups in total. The molecule has 2 aromatic carbocycles. The Morgan fingerprint density at radius 1 is 1.16 bits per heavy atom. The molecule has 2 unspecified atom stereocenters. The van der Waals surface area contributed by atoms with Crippen LogP contribution in [-0.2, 0) is 12.5 Å². The van der Waals surface area contributed by atoms with Crippen LogP contribution in [0.4, 0.5) is 10.1 Å². The zero-order valence-electron chi connectivity index (χ0n) is 13.9. The van der Waals surface area contributed by atoms with Crippen molar-refractivity contribution in [1.82, 2.24) is 14.8 Å². The molecule has 0 aliphatic carbocycles. The number of benzene rings is 2. The van der Waals surface area contributed by atoms with E-state index in [2.05, 4.69) is 15.4 Å². The third kappa shape index (κ3) is 2.25. The Balaban J connectivity index is 1.95. The highest BCUT2D eigenvalue weighted by molar-refractivity contribution is 6.10. The van der Waals surface area contributed by atoms with Crippen LogP contribution in [-0.4, -0.2) is 20.5 Å². The second-order valence-electron chi connectivity index (χ2n) is 6.41. The lowest BCUT2D eigenvalue weighted by Crippen LogP contribution is -2.47. The highest BCUT2D eigenvalue weighted by atomic mass is 19.1. The molecule has 5 nitrogen and oxygen atoms in total. The normalized spacial score (nSPS) is 22.4. The first kappa shape index (κ1) is 15.5. The van der Waals surface area contributed by atoms with E-state index < -0.39 is 11.5 Å². The number of aromatic nitrogens is 3. The van der Waals surface area contributed by atoms with Crippen molar-refractivity contribution in [2.24, 2.45) is 7.05 Å². The molecule has 0 fully saturated rings. The molecule has 6 heteroatoms. The molecule has 3 aromatic rings. The number of anilines is 1. The lowest BCUT2D eigenvalue weighted by atomic mass is 9.69. The zero-order valence-corrected chi connectivity index (χ0v) is 13.9. The summed E-state index contributed by atoms with van der Waals surface area (Å²) >= 11 is 0. The van der Waals surface area contributed by atoms with Gasteiger partial charge in [0.05, 0.1) is 6.04 Å². The topological polar surface area (TPSA) is 59.8 Å². The van der Waals surface area contributed by atoms with E-state index in [9.17, 15) is 9.18 Å². The minimum Gasteiger partial charge on any atom is -0.376 e. The van der Waals surface area contributed by atoms with Crippen molar-refractivity contribution in [3.8, 4) is 0 Å². The number of carbonyl (C=O) groups excluding carboxylic acids is 1. The molecule has 0 saturated carbocycles. The molecule has 1 aromatic heterocycles. The number of nitrogens with one attached hydrogen (secondary N) is 1. The van der Waals surface area contributed by atoms with Crippen LogP contribution >= 0.6 is 0 Å². The zero-order chi connectivity index (χ0) is 17.6. The summed E-state index contributed by atoms with van der Waals surface area (Å²) < 4.78 is 15.0. The molecule has 25 heavy (non-hydrogen) atoms. The van der Waals surface area contributed by atoms with Gasteiger partial charge in [0.2, 0.25) is 0 Å². The van der Waals surface area contributed by atoms with Crippen molar-refractivity contribution >= 4 is 11.5 Å². The fraction of sp³-hybridized carbons (Fsp3) is 0.211. The smallest absolute Gasteiger partial charge is 0.180 e. The predicted molar refractivity (Wildman–Crippen MR) is 91.9 cm³/mol. The van der Waals surface area contributed by atoms with Crippen LogP contribution in [0.3, 0.4) is 0 Å². The summed E-state index contributed by atoms with van der Waals surface area (Å²) in [4.78, 5) is 17.8. The number of hydrogen-bond donors (Lipinski definition) is 1. The Morgan fingerprint density at radius 3 is 2.56 bits per heavy atom. The van der Waals surface area contributed by atoms with E-state index in [0.29, 0.717) is 11.4 Å². The quantitative estimate of drug-likeness (QED) is 0.780. The van der Waals surface area contributed by atoms with Gasteiger partial charge in [0.25, 0.3) is 0 Å². The highest BCUT2D eigenvalue weighted by Gasteiger charge is 2.50. The van der Waals surface area contributed by atoms with Crippen molar-refractivity contribution in [3.05, 3.63) is 77.6 Å². The second kappa shape index (κ2) is 5.51. The SMILES string of the molecule is Cn1ncnc1C1(C)C(=O)c2ccccc2NC1c1ccc(F)cc1. The van der Waals surface area contributed by atoms with Gasteiger partial charge in [-0.05, 0) is 36.8 Å². The van der Waals surface area contributed by atoms with E-state index in [1.54, 1.807) is 29.9 Å². The lowest BCUT2D eigenvalue weighted by Gasteiger charge is -2.41. The van der Waals surface area contributed by atoms with Crippen molar-refractivity contribution in [2.45, 2.75) is 18.4 Å². The third-order valence-electron chi connectivity index (χ3n) is 4.90. The number of halogens is 1. The molecule has 1 aliphatic heterocycles. The molecular weight excluding hydrogens is 319 g/mol. The minimum absolute atomic E-state index is 0.0349. The second-order valence-corrected chi connectivity index (χ2v) is 6.41. The summed E-state index contributed by atoms with van der Waals surface area (Å²) in [6.07, 6.45) is 1.44. The van der Waals surface area contributed by atoms with Gasteiger partial charge in [-0.25, -0.2) is 9.37 Å². The first-order valence-corrected chi connectivity index (χ1v) is 8.02. The maximum Gasteiger partial charge on any atom is 0.180 e. The lowest BCUT2D eigenvalue weighted by molar-refractivity contribution is 0.0858. The Bertz CT molecular complexity index is 950. The van der Waals surface area contributed by atoms with Crippen molar-refractivity contribution < 1.29 is 9.18 Å². The number of aryl methyl sites for hydroxylation is 1. The number of rotatable bonds is 2. The molecular formula is C19H17FN4O. The predicted octanol–water partition coefficient (Wildman–Crippen LogP) is 3.26. The van der Waals surface area contributed by atoms with Gasteiger partial charge in [0, 0.05) is 18.3 Å². The number of ketones is 1. The van der Waals surface area contributed by atoms with Crippen LogP contribution in [0.15, 0.2) is 54.9 Å².